The third-order valence-electron chi connectivity index (χ3n) is 5.27. The number of fused-ring (bicyclic) bond motifs is 3. The first-order valence-electron chi connectivity index (χ1n) is 10.7. The van der Waals surface area contributed by atoms with Crippen molar-refractivity contribution in [1.29, 1.82) is 0 Å². The largest absolute Gasteiger partial charge is 0.507 e. The average molecular weight is 407 g/mol. The van der Waals surface area contributed by atoms with Gasteiger partial charge in [-0.15, -0.1) is 0 Å². The molecule has 0 aliphatic heterocycles. The van der Waals surface area contributed by atoms with Gasteiger partial charge in [0.15, 0.2) is 0 Å². The van der Waals surface area contributed by atoms with Crippen molar-refractivity contribution in [3.05, 3.63) is 126 Å². The van der Waals surface area contributed by atoms with E-state index in [1.807, 2.05) is 55.5 Å². The van der Waals surface area contributed by atoms with Gasteiger partial charge in [0, 0.05) is 5.56 Å². The zero-order valence-corrected chi connectivity index (χ0v) is 18.5. The number of hydrogen-bond donors (Lipinski definition) is 1. The van der Waals surface area contributed by atoms with Gasteiger partial charge in [-0.2, -0.15) is 0 Å². The van der Waals surface area contributed by atoms with Crippen molar-refractivity contribution in [2.24, 2.45) is 0 Å². The van der Waals surface area contributed by atoms with E-state index in [1.54, 1.807) is 6.07 Å². The molecule has 1 N–H and O–H groups in total. The van der Waals surface area contributed by atoms with Crippen LogP contribution in [0.2, 0.25) is 0 Å². The van der Waals surface area contributed by atoms with Crippen LogP contribution in [0.4, 0.5) is 0 Å². The summed E-state index contributed by atoms with van der Waals surface area (Å²) in [6.45, 7) is 6.20. The molecule has 0 atom stereocenters. The maximum absolute atomic E-state index is 9.56. The summed E-state index contributed by atoms with van der Waals surface area (Å²) in [5, 5.41) is 9.56. The lowest BCUT2D eigenvalue weighted by Gasteiger charge is -2.02. The average Bonchev–Trinajstić information content (AvgIpc) is 3.19. The lowest BCUT2D eigenvalue weighted by molar-refractivity contribution is 0.477. The first kappa shape index (κ1) is 22.1. The van der Waals surface area contributed by atoms with Crippen molar-refractivity contribution in [2.45, 2.75) is 27.2 Å². The predicted octanol–water partition coefficient (Wildman–Crippen LogP) is 8.29. The van der Waals surface area contributed by atoms with Gasteiger partial charge in [-0.3, -0.25) is 0 Å². The molecule has 0 fully saturated rings. The predicted molar refractivity (Wildman–Crippen MR) is 133 cm³/mol. The van der Waals surface area contributed by atoms with Crippen molar-refractivity contribution in [3.8, 4) is 28.0 Å². The number of rotatable bonds is 1. The smallest absolute Gasteiger partial charge is 0.123 e. The summed E-state index contributed by atoms with van der Waals surface area (Å²) >= 11 is 0. The number of phenolic OH excluding ortho intramolecular Hbond substituents is 1. The molecule has 0 saturated heterocycles. The summed E-state index contributed by atoms with van der Waals surface area (Å²) in [6.07, 6.45) is 3.19. The highest BCUT2D eigenvalue weighted by molar-refractivity contribution is 5.76. The Bertz CT molecular complexity index is 1080. The van der Waals surface area contributed by atoms with E-state index in [0.29, 0.717) is 5.75 Å². The van der Waals surface area contributed by atoms with Crippen LogP contribution in [0.15, 0.2) is 115 Å². The third kappa shape index (κ3) is 5.96. The van der Waals surface area contributed by atoms with Gasteiger partial charge >= 0.3 is 0 Å². The van der Waals surface area contributed by atoms with Crippen LogP contribution >= 0.6 is 0 Å². The Morgan fingerprint density at radius 2 is 1.03 bits per heavy atom. The molecule has 0 spiro atoms. The molecule has 4 aromatic carbocycles. The Morgan fingerprint density at radius 1 is 0.613 bits per heavy atom. The summed E-state index contributed by atoms with van der Waals surface area (Å²) in [4.78, 5) is 0. The SMILES string of the molecule is CC=C(C)C.Oc1ccccc1-c1ccccc1.c1ccc2c(c1)Cc1ccccc1-2. The molecule has 1 nitrogen and oxygen atoms in total. The lowest BCUT2D eigenvalue weighted by Crippen LogP contribution is -1.77. The van der Waals surface area contributed by atoms with E-state index in [2.05, 4.69) is 68.5 Å². The second-order valence-corrected chi connectivity index (χ2v) is 7.74. The van der Waals surface area contributed by atoms with E-state index in [0.717, 1.165) is 17.5 Å². The fraction of sp³-hybridized carbons (Fsp3) is 0.133. The Morgan fingerprint density at radius 3 is 1.52 bits per heavy atom. The monoisotopic (exact) mass is 406 g/mol. The molecular weight excluding hydrogens is 376 g/mol. The summed E-state index contributed by atoms with van der Waals surface area (Å²) in [7, 11) is 0. The van der Waals surface area contributed by atoms with Crippen LogP contribution in [0.3, 0.4) is 0 Å². The van der Waals surface area contributed by atoms with Gasteiger partial charge in [0.1, 0.15) is 5.75 Å². The molecule has 1 aliphatic carbocycles. The second kappa shape index (κ2) is 11.0. The Balaban J connectivity index is 0.000000146. The number of allylic oxidation sites excluding steroid dienone is 2. The van der Waals surface area contributed by atoms with Crippen molar-refractivity contribution < 1.29 is 5.11 Å². The minimum absolute atomic E-state index is 0.328. The van der Waals surface area contributed by atoms with Crippen molar-refractivity contribution >= 4 is 0 Å². The molecule has 5 rings (SSSR count). The van der Waals surface area contributed by atoms with E-state index < -0.39 is 0 Å². The van der Waals surface area contributed by atoms with Gasteiger partial charge in [0.2, 0.25) is 0 Å². The van der Waals surface area contributed by atoms with Crippen LogP contribution in [0.5, 0.6) is 5.75 Å². The molecule has 0 unspecified atom stereocenters. The van der Waals surface area contributed by atoms with Crippen LogP contribution < -0.4 is 0 Å². The third-order valence-corrected chi connectivity index (χ3v) is 5.27. The van der Waals surface area contributed by atoms with E-state index in [-0.39, 0.29) is 0 Å². The Hall–Kier alpha value is -3.58. The zero-order chi connectivity index (χ0) is 22.1. The first-order chi connectivity index (χ1) is 15.1. The Kier molecular flexibility index (Phi) is 7.84. The van der Waals surface area contributed by atoms with Crippen LogP contribution in [0.25, 0.3) is 22.3 Å². The van der Waals surface area contributed by atoms with Crippen LogP contribution in [-0.4, -0.2) is 5.11 Å². The molecule has 0 amide bonds. The standard InChI is InChI=1S/C13H10.C12H10O.C5H10/c1-3-7-12-10(5-1)9-11-6-2-4-8-13(11)12;13-12-9-5-4-8-11(12)10-6-2-1-3-7-10;1-4-5(2)3/h1-8H,9H2;1-9,13H;4H,1-3H3. The highest BCUT2D eigenvalue weighted by Gasteiger charge is 2.15. The fourth-order valence-electron chi connectivity index (χ4n) is 3.42. The number of aromatic hydroxyl groups is 1. The highest BCUT2D eigenvalue weighted by atomic mass is 16.3. The summed E-state index contributed by atoms with van der Waals surface area (Å²) < 4.78 is 0. The molecular formula is C30H30O. The van der Waals surface area contributed by atoms with E-state index >= 15 is 0 Å². The van der Waals surface area contributed by atoms with Crippen LogP contribution in [0.1, 0.15) is 31.9 Å². The molecule has 4 aromatic rings. The van der Waals surface area contributed by atoms with Gasteiger partial charge in [0.05, 0.1) is 0 Å². The van der Waals surface area contributed by atoms with Gasteiger partial charge < -0.3 is 5.11 Å². The molecule has 0 saturated carbocycles. The molecule has 1 aliphatic rings. The van der Waals surface area contributed by atoms with Gasteiger partial charge in [0.25, 0.3) is 0 Å². The Labute approximate surface area is 186 Å². The van der Waals surface area contributed by atoms with Gasteiger partial charge in [-0.1, -0.05) is 109 Å². The number of benzene rings is 4. The maximum Gasteiger partial charge on any atom is 0.123 e. The topological polar surface area (TPSA) is 20.2 Å². The molecule has 1 heteroatoms. The molecule has 156 valence electrons. The van der Waals surface area contributed by atoms with E-state index in [4.69, 9.17) is 0 Å². The second-order valence-electron chi connectivity index (χ2n) is 7.74. The summed E-state index contributed by atoms with van der Waals surface area (Å²) in [5.41, 5.74) is 9.05. The lowest BCUT2D eigenvalue weighted by atomic mass is 10.1. The normalized spacial score (nSPS) is 10.4. The van der Waals surface area contributed by atoms with Gasteiger partial charge in [-0.05, 0) is 61.1 Å². The zero-order valence-electron chi connectivity index (χ0n) is 18.5. The molecule has 0 bridgehead atoms. The fourth-order valence-corrected chi connectivity index (χ4v) is 3.42. The number of phenols is 1. The molecule has 0 radical (unpaired) electrons. The van der Waals surface area contributed by atoms with E-state index in [9.17, 15) is 5.11 Å². The molecule has 31 heavy (non-hydrogen) atoms. The van der Waals surface area contributed by atoms with Gasteiger partial charge in [-0.25, -0.2) is 0 Å². The summed E-state index contributed by atoms with van der Waals surface area (Å²) in [6, 6.07) is 34.5. The maximum atomic E-state index is 9.56. The first-order valence-corrected chi connectivity index (χ1v) is 10.7. The number of para-hydroxylation sites is 1. The van der Waals surface area contributed by atoms with Crippen molar-refractivity contribution in [1.82, 2.24) is 0 Å². The van der Waals surface area contributed by atoms with Crippen LogP contribution in [0, 0.1) is 0 Å². The minimum Gasteiger partial charge on any atom is -0.507 e. The molecule has 0 aromatic heterocycles. The van der Waals surface area contributed by atoms with Crippen molar-refractivity contribution in [3.63, 3.8) is 0 Å². The molecule has 0 heterocycles. The minimum atomic E-state index is 0.328. The highest BCUT2D eigenvalue weighted by Crippen LogP contribution is 2.35. The quantitative estimate of drug-likeness (QED) is 0.278. The number of hydrogen-bond acceptors (Lipinski definition) is 1. The van der Waals surface area contributed by atoms with E-state index in [1.165, 1.54) is 27.8 Å². The van der Waals surface area contributed by atoms with Crippen LogP contribution in [-0.2, 0) is 6.42 Å². The summed E-state index contributed by atoms with van der Waals surface area (Å²) in [5.74, 6) is 0.328. The van der Waals surface area contributed by atoms with Crippen molar-refractivity contribution in [2.75, 3.05) is 0 Å².